The quantitative estimate of drug-likeness (QED) is 0.896. The summed E-state index contributed by atoms with van der Waals surface area (Å²) >= 11 is 0. The molecule has 2 rings (SSSR count). The zero-order valence-corrected chi connectivity index (χ0v) is 11.9. The highest BCUT2D eigenvalue weighted by molar-refractivity contribution is 5.78. The lowest BCUT2D eigenvalue weighted by Crippen LogP contribution is -2.36. The number of aliphatic hydroxyl groups is 1. The molecule has 3 heteroatoms. The van der Waals surface area contributed by atoms with Gasteiger partial charge in [-0.05, 0) is 32.9 Å². The van der Waals surface area contributed by atoms with Gasteiger partial charge in [0.25, 0.3) is 0 Å². The van der Waals surface area contributed by atoms with Crippen LogP contribution in [-0.2, 0) is 6.54 Å². The third-order valence-corrected chi connectivity index (χ3v) is 3.25. The van der Waals surface area contributed by atoms with Crippen LogP contribution >= 0.6 is 0 Å². The van der Waals surface area contributed by atoms with E-state index in [2.05, 4.69) is 41.9 Å². The Morgan fingerprint density at radius 1 is 1.11 bits per heavy atom. The van der Waals surface area contributed by atoms with Crippen molar-refractivity contribution in [2.45, 2.75) is 39.5 Å². The Hall–Kier alpha value is -1.45. The summed E-state index contributed by atoms with van der Waals surface area (Å²) < 4.78 is 0. The van der Waals surface area contributed by atoms with Crippen molar-refractivity contribution in [3.05, 3.63) is 42.1 Å². The molecule has 1 aromatic carbocycles. The van der Waals surface area contributed by atoms with Gasteiger partial charge in [-0.3, -0.25) is 9.88 Å². The average molecular weight is 258 g/mol. The number of benzene rings is 1. The van der Waals surface area contributed by atoms with E-state index in [1.807, 2.05) is 25.1 Å². The Morgan fingerprint density at radius 3 is 2.53 bits per heavy atom. The fourth-order valence-electron chi connectivity index (χ4n) is 2.20. The Bertz CT molecular complexity index is 537. The number of fused-ring (bicyclic) bond motifs is 1. The summed E-state index contributed by atoms with van der Waals surface area (Å²) in [5, 5.41) is 10.7. The summed E-state index contributed by atoms with van der Waals surface area (Å²) in [5.74, 6) is 0. The smallest absolute Gasteiger partial charge is 0.0705 e. The molecule has 3 nitrogen and oxygen atoms in total. The standard InChI is InChI=1S/C16H22N2O/c1-12(2)18(10-13(3)19)11-15-9-8-14-6-4-5-7-16(14)17-15/h4-9,12-13,19H,10-11H2,1-3H3. The van der Waals surface area contributed by atoms with Gasteiger partial charge < -0.3 is 5.11 Å². The molecular formula is C16H22N2O. The van der Waals surface area contributed by atoms with Crippen molar-refractivity contribution in [3.8, 4) is 0 Å². The normalized spacial score (nSPS) is 13.4. The number of hydrogen-bond acceptors (Lipinski definition) is 3. The van der Waals surface area contributed by atoms with Crippen molar-refractivity contribution in [2.24, 2.45) is 0 Å². The first-order valence-corrected chi connectivity index (χ1v) is 6.83. The van der Waals surface area contributed by atoms with Crippen LogP contribution in [0.15, 0.2) is 36.4 Å². The van der Waals surface area contributed by atoms with Crippen molar-refractivity contribution in [2.75, 3.05) is 6.54 Å². The van der Waals surface area contributed by atoms with E-state index in [0.29, 0.717) is 12.6 Å². The van der Waals surface area contributed by atoms with Crippen molar-refractivity contribution < 1.29 is 5.11 Å². The fraction of sp³-hybridized carbons (Fsp3) is 0.438. The number of para-hydroxylation sites is 1. The molecule has 0 spiro atoms. The molecule has 0 fully saturated rings. The Balaban J connectivity index is 2.18. The molecular weight excluding hydrogens is 236 g/mol. The number of rotatable bonds is 5. The van der Waals surface area contributed by atoms with Crippen molar-refractivity contribution in [1.29, 1.82) is 0 Å². The topological polar surface area (TPSA) is 36.4 Å². The van der Waals surface area contributed by atoms with Gasteiger partial charge in [-0.2, -0.15) is 0 Å². The molecule has 19 heavy (non-hydrogen) atoms. The Labute approximate surface area is 114 Å². The fourth-order valence-corrected chi connectivity index (χ4v) is 2.20. The second-order valence-electron chi connectivity index (χ2n) is 5.37. The van der Waals surface area contributed by atoms with Crippen LogP contribution in [0.3, 0.4) is 0 Å². The molecule has 0 saturated heterocycles. The van der Waals surface area contributed by atoms with E-state index >= 15 is 0 Å². The van der Waals surface area contributed by atoms with Gasteiger partial charge >= 0.3 is 0 Å². The third-order valence-electron chi connectivity index (χ3n) is 3.25. The molecule has 0 bridgehead atoms. The maximum atomic E-state index is 9.56. The third kappa shape index (κ3) is 3.75. The minimum Gasteiger partial charge on any atom is -0.392 e. The molecule has 0 aliphatic rings. The maximum Gasteiger partial charge on any atom is 0.0705 e. The van der Waals surface area contributed by atoms with Crippen LogP contribution in [0, 0.1) is 0 Å². The molecule has 1 atom stereocenters. The largest absolute Gasteiger partial charge is 0.392 e. The number of aliphatic hydroxyl groups excluding tert-OH is 1. The van der Waals surface area contributed by atoms with E-state index < -0.39 is 0 Å². The van der Waals surface area contributed by atoms with Gasteiger partial charge in [-0.25, -0.2) is 0 Å². The average Bonchev–Trinajstić information content (AvgIpc) is 2.37. The van der Waals surface area contributed by atoms with E-state index in [4.69, 9.17) is 0 Å². The summed E-state index contributed by atoms with van der Waals surface area (Å²) in [6.07, 6.45) is -0.317. The van der Waals surface area contributed by atoms with E-state index in [9.17, 15) is 5.11 Å². The van der Waals surface area contributed by atoms with Gasteiger partial charge in [0, 0.05) is 24.5 Å². The van der Waals surface area contributed by atoms with Gasteiger partial charge in [0.15, 0.2) is 0 Å². The van der Waals surface area contributed by atoms with E-state index in [1.54, 1.807) is 0 Å². The SMILES string of the molecule is CC(O)CN(Cc1ccc2ccccc2n1)C(C)C. The summed E-state index contributed by atoms with van der Waals surface area (Å²) in [7, 11) is 0. The molecule has 0 amide bonds. The minimum atomic E-state index is -0.317. The molecule has 1 aromatic heterocycles. The van der Waals surface area contributed by atoms with Gasteiger partial charge in [0.1, 0.15) is 0 Å². The Morgan fingerprint density at radius 2 is 1.84 bits per heavy atom. The van der Waals surface area contributed by atoms with Gasteiger partial charge in [-0.1, -0.05) is 24.3 Å². The van der Waals surface area contributed by atoms with Crippen LogP contribution in [0.5, 0.6) is 0 Å². The van der Waals surface area contributed by atoms with E-state index in [1.165, 1.54) is 0 Å². The first-order chi connectivity index (χ1) is 9.06. The lowest BCUT2D eigenvalue weighted by atomic mass is 10.2. The molecule has 102 valence electrons. The molecule has 1 N–H and O–H groups in total. The van der Waals surface area contributed by atoms with Crippen molar-refractivity contribution >= 4 is 10.9 Å². The summed E-state index contributed by atoms with van der Waals surface area (Å²) in [5.41, 5.74) is 2.08. The molecule has 0 aliphatic heterocycles. The molecule has 0 saturated carbocycles. The predicted molar refractivity (Wildman–Crippen MR) is 79.0 cm³/mol. The zero-order valence-electron chi connectivity index (χ0n) is 11.9. The maximum absolute atomic E-state index is 9.56. The lowest BCUT2D eigenvalue weighted by Gasteiger charge is -2.27. The van der Waals surface area contributed by atoms with Gasteiger partial charge in [0.05, 0.1) is 17.3 Å². The number of nitrogens with zero attached hydrogens (tertiary/aromatic N) is 2. The number of pyridine rings is 1. The predicted octanol–water partition coefficient (Wildman–Crippen LogP) is 2.83. The van der Waals surface area contributed by atoms with E-state index in [-0.39, 0.29) is 6.10 Å². The summed E-state index contributed by atoms with van der Waals surface area (Å²) in [4.78, 5) is 6.92. The second kappa shape index (κ2) is 6.13. The van der Waals surface area contributed by atoms with Crippen LogP contribution in [0.4, 0.5) is 0 Å². The first kappa shape index (κ1) is 14.0. The molecule has 1 unspecified atom stereocenters. The highest BCUT2D eigenvalue weighted by atomic mass is 16.3. The lowest BCUT2D eigenvalue weighted by molar-refractivity contribution is 0.102. The van der Waals surface area contributed by atoms with Crippen molar-refractivity contribution in [3.63, 3.8) is 0 Å². The monoisotopic (exact) mass is 258 g/mol. The van der Waals surface area contributed by atoms with Crippen LogP contribution < -0.4 is 0 Å². The minimum absolute atomic E-state index is 0.317. The highest BCUT2D eigenvalue weighted by Crippen LogP contribution is 2.14. The van der Waals surface area contributed by atoms with Crippen molar-refractivity contribution in [1.82, 2.24) is 9.88 Å². The molecule has 0 aliphatic carbocycles. The summed E-state index contributed by atoms with van der Waals surface area (Å²) in [6, 6.07) is 12.7. The summed E-state index contributed by atoms with van der Waals surface area (Å²) in [6.45, 7) is 7.55. The Kier molecular flexibility index (Phi) is 4.51. The molecule has 1 heterocycles. The van der Waals surface area contributed by atoms with Crippen LogP contribution in [0.1, 0.15) is 26.5 Å². The number of aromatic nitrogens is 1. The van der Waals surface area contributed by atoms with Crippen LogP contribution in [0.2, 0.25) is 0 Å². The highest BCUT2D eigenvalue weighted by Gasteiger charge is 2.13. The van der Waals surface area contributed by atoms with Gasteiger partial charge in [0.2, 0.25) is 0 Å². The van der Waals surface area contributed by atoms with Crippen LogP contribution in [0.25, 0.3) is 10.9 Å². The first-order valence-electron chi connectivity index (χ1n) is 6.83. The zero-order chi connectivity index (χ0) is 13.8. The molecule has 0 radical (unpaired) electrons. The number of hydrogen-bond donors (Lipinski definition) is 1. The van der Waals surface area contributed by atoms with Gasteiger partial charge in [-0.15, -0.1) is 0 Å². The second-order valence-corrected chi connectivity index (χ2v) is 5.37. The molecule has 2 aromatic rings. The van der Waals surface area contributed by atoms with Crippen LogP contribution in [-0.4, -0.2) is 33.7 Å². The van der Waals surface area contributed by atoms with E-state index in [0.717, 1.165) is 23.1 Å².